The predicted molar refractivity (Wildman–Crippen MR) is 201 cm³/mol. The summed E-state index contributed by atoms with van der Waals surface area (Å²) in [5, 5.41) is 7.19. The minimum absolute atomic E-state index is 0.207. The summed E-state index contributed by atoms with van der Waals surface area (Å²) in [6, 6.07) is 23.8. The first-order valence-corrected chi connectivity index (χ1v) is 17.3. The monoisotopic (exact) mass is 600 g/mol. The largest absolute Gasteiger partial charge is 0.244 e. The molecule has 0 radical (unpaired) electrons. The van der Waals surface area contributed by atoms with E-state index >= 15 is 0 Å². The molecular formula is C40H34B2S2. The van der Waals surface area contributed by atoms with Gasteiger partial charge in [-0.25, -0.2) is 0 Å². The topological polar surface area (TPSA) is 0 Å². The van der Waals surface area contributed by atoms with Crippen molar-refractivity contribution in [3.63, 3.8) is 0 Å². The standard InChI is InChI=1S/C40H34B2S2/c1-23-19-25(3)39(26(4)20-23)41-33-11-7-30-29(31(33)9-13-37-35(41)15-17-43-37)8-12-34-32(30)10-14-38-36(16-18-44-38)42(34)40-27(5)21-24(2)22-28(40)6/h7-22H,1-6H3. The van der Waals surface area contributed by atoms with Crippen molar-refractivity contribution in [2.24, 2.45) is 0 Å². The van der Waals surface area contributed by atoms with E-state index < -0.39 is 0 Å². The minimum Gasteiger partial charge on any atom is -0.145 e. The van der Waals surface area contributed by atoms with Gasteiger partial charge in [0, 0.05) is 9.75 Å². The number of thiophene rings is 2. The van der Waals surface area contributed by atoms with Crippen molar-refractivity contribution in [1.82, 2.24) is 0 Å². The highest BCUT2D eigenvalue weighted by molar-refractivity contribution is 7.15. The Kier molecular flexibility index (Phi) is 6.52. The lowest BCUT2D eigenvalue weighted by Gasteiger charge is -2.24. The number of rotatable bonds is 2. The van der Waals surface area contributed by atoms with Crippen LogP contribution in [0.25, 0.3) is 35.1 Å². The number of hydrogen-bond donors (Lipinski definition) is 0. The molecule has 0 fully saturated rings. The van der Waals surface area contributed by atoms with Crippen LogP contribution in [0, 0.1) is 41.5 Å². The van der Waals surface area contributed by atoms with E-state index in [-0.39, 0.29) is 13.4 Å². The Morgan fingerprint density at radius 3 is 1.20 bits per heavy atom. The van der Waals surface area contributed by atoms with Crippen molar-refractivity contribution in [3.05, 3.63) is 126 Å². The Balaban J connectivity index is 1.40. The van der Waals surface area contributed by atoms with Gasteiger partial charge >= 0.3 is 0 Å². The highest BCUT2D eigenvalue weighted by Gasteiger charge is 2.34. The van der Waals surface area contributed by atoms with Gasteiger partial charge < -0.3 is 0 Å². The molecule has 4 aromatic carbocycles. The van der Waals surface area contributed by atoms with Gasteiger partial charge in [-0.15, -0.1) is 22.7 Å². The van der Waals surface area contributed by atoms with Gasteiger partial charge in [-0.2, -0.15) is 0 Å². The Hall–Kier alpha value is -3.85. The molecule has 0 saturated heterocycles. The predicted octanol–water partition coefficient (Wildman–Crippen LogP) is 6.81. The smallest absolute Gasteiger partial charge is 0.145 e. The van der Waals surface area contributed by atoms with Crippen molar-refractivity contribution in [1.29, 1.82) is 0 Å². The van der Waals surface area contributed by atoms with E-state index in [1.54, 1.807) is 0 Å². The van der Waals surface area contributed by atoms with Crippen LogP contribution in [-0.4, -0.2) is 13.4 Å². The zero-order valence-corrected chi connectivity index (χ0v) is 27.8. The van der Waals surface area contributed by atoms with Crippen LogP contribution in [0.1, 0.15) is 54.3 Å². The Morgan fingerprint density at radius 1 is 0.432 bits per heavy atom. The summed E-state index contributed by atoms with van der Waals surface area (Å²) in [4.78, 5) is 2.73. The summed E-state index contributed by atoms with van der Waals surface area (Å²) >= 11 is 3.70. The first-order chi connectivity index (χ1) is 21.3. The molecule has 6 aromatic rings. The lowest BCUT2D eigenvalue weighted by atomic mass is 9.34. The molecule has 4 heterocycles. The van der Waals surface area contributed by atoms with Crippen molar-refractivity contribution in [3.8, 4) is 0 Å². The van der Waals surface area contributed by atoms with Gasteiger partial charge in [0.1, 0.15) is 0 Å². The first-order valence-electron chi connectivity index (χ1n) is 15.6. The zero-order chi connectivity index (χ0) is 30.3. The van der Waals surface area contributed by atoms with Crippen LogP contribution < -0.4 is 32.8 Å². The molecule has 2 aliphatic heterocycles. The molecule has 0 atom stereocenters. The molecule has 0 unspecified atom stereocenters. The number of fused-ring (bicyclic) bond motifs is 7. The molecule has 212 valence electrons. The van der Waals surface area contributed by atoms with Gasteiger partial charge in [-0.05, 0) is 86.4 Å². The average molecular weight is 600 g/mol. The Bertz CT molecular complexity index is 2000. The third-order valence-corrected chi connectivity index (χ3v) is 11.7. The van der Waals surface area contributed by atoms with Crippen LogP contribution in [0.4, 0.5) is 0 Å². The Labute approximate surface area is 270 Å². The summed E-state index contributed by atoms with van der Waals surface area (Å²) in [6.07, 6.45) is 9.50. The molecule has 2 aromatic heterocycles. The van der Waals surface area contributed by atoms with Gasteiger partial charge in [-0.1, -0.05) is 139 Å². The molecule has 44 heavy (non-hydrogen) atoms. The Morgan fingerprint density at radius 2 is 0.818 bits per heavy atom. The highest BCUT2D eigenvalue weighted by Crippen LogP contribution is 2.29. The molecule has 2 aliphatic rings. The minimum atomic E-state index is 0.207. The second-order valence-electron chi connectivity index (χ2n) is 12.9. The molecule has 8 rings (SSSR count). The quantitative estimate of drug-likeness (QED) is 0.191. The average Bonchev–Trinajstić information content (AvgIpc) is 3.57. The van der Waals surface area contributed by atoms with E-state index in [0.717, 1.165) is 0 Å². The molecule has 0 bridgehead atoms. The van der Waals surface area contributed by atoms with Crippen LogP contribution in [0.5, 0.6) is 0 Å². The van der Waals surface area contributed by atoms with Crippen molar-refractivity contribution in [2.75, 3.05) is 0 Å². The second kappa shape index (κ2) is 10.4. The van der Waals surface area contributed by atoms with Crippen molar-refractivity contribution in [2.45, 2.75) is 41.5 Å². The second-order valence-corrected chi connectivity index (χ2v) is 14.8. The van der Waals surface area contributed by atoms with Crippen LogP contribution in [0.15, 0.2) is 71.4 Å². The van der Waals surface area contributed by atoms with Crippen LogP contribution >= 0.6 is 22.7 Å². The first kappa shape index (κ1) is 27.7. The summed E-state index contributed by atoms with van der Waals surface area (Å²) < 4.78 is 0. The lowest BCUT2D eigenvalue weighted by molar-refractivity contribution is 1.35. The maximum atomic E-state index is 2.43. The van der Waals surface area contributed by atoms with E-state index in [1.807, 2.05) is 22.7 Å². The fourth-order valence-corrected chi connectivity index (χ4v) is 10.00. The molecule has 0 spiro atoms. The third kappa shape index (κ3) is 4.19. The van der Waals surface area contributed by atoms with Gasteiger partial charge in [0.2, 0.25) is 13.4 Å². The zero-order valence-electron chi connectivity index (χ0n) is 26.2. The SMILES string of the molecule is Cc1cc(C)c(B2c3ccsc3C=Cc3c2ccc2c4c(ccc32)B(c2c(C)cc(C)cc2C)c2ccsc2C=C4)c(C)c1. The molecule has 0 aliphatic carbocycles. The van der Waals surface area contributed by atoms with Gasteiger partial charge in [-0.3, -0.25) is 0 Å². The highest BCUT2D eigenvalue weighted by atomic mass is 32.1. The van der Waals surface area contributed by atoms with E-state index in [1.165, 1.54) is 97.8 Å². The van der Waals surface area contributed by atoms with E-state index in [4.69, 9.17) is 0 Å². The van der Waals surface area contributed by atoms with Gasteiger partial charge in [0.25, 0.3) is 0 Å². The van der Waals surface area contributed by atoms with Crippen LogP contribution in [0.2, 0.25) is 0 Å². The summed E-state index contributed by atoms with van der Waals surface area (Å²) in [5.41, 5.74) is 19.4. The number of aryl methyl sites for hydroxylation is 6. The molecule has 0 amide bonds. The fraction of sp³-hybridized carbons (Fsp3) is 0.150. The molecular weight excluding hydrogens is 566 g/mol. The lowest BCUT2D eigenvalue weighted by Crippen LogP contribution is -2.55. The van der Waals surface area contributed by atoms with Crippen LogP contribution in [-0.2, 0) is 0 Å². The van der Waals surface area contributed by atoms with Crippen molar-refractivity contribution >= 4 is 104 Å². The normalized spacial score (nSPS) is 13.4. The number of benzene rings is 4. The summed E-state index contributed by atoms with van der Waals surface area (Å²) in [5.74, 6) is 0. The maximum absolute atomic E-state index is 2.43. The van der Waals surface area contributed by atoms with Gasteiger partial charge in [0.15, 0.2) is 0 Å². The van der Waals surface area contributed by atoms with E-state index in [2.05, 4.69) is 137 Å². The molecule has 0 nitrogen and oxygen atoms in total. The molecule has 0 saturated carbocycles. The summed E-state index contributed by atoms with van der Waals surface area (Å²) in [6.45, 7) is 14.0. The molecule has 4 heteroatoms. The molecule has 0 N–H and O–H groups in total. The van der Waals surface area contributed by atoms with E-state index in [9.17, 15) is 0 Å². The van der Waals surface area contributed by atoms with Crippen molar-refractivity contribution < 1.29 is 0 Å². The number of hydrogen-bond acceptors (Lipinski definition) is 2. The van der Waals surface area contributed by atoms with Crippen LogP contribution in [0.3, 0.4) is 0 Å². The summed E-state index contributed by atoms with van der Waals surface area (Å²) in [7, 11) is 0. The third-order valence-electron chi connectivity index (χ3n) is 9.91. The van der Waals surface area contributed by atoms with E-state index in [0.29, 0.717) is 0 Å². The van der Waals surface area contributed by atoms with Gasteiger partial charge in [0.05, 0.1) is 0 Å². The maximum Gasteiger partial charge on any atom is 0.244 e. The fourth-order valence-electron chi connectivity index (χ4n) is 8.34.